The predicted octanol–water partition coefficient (Wildman–Crippen LogP) is 5.24. The zero-order valence-corrected chi connectivity index (χ0v) is 18.4. The van der Waals surface area contributed by atoms with Crippen LogP contribution in [0.4, 0.5) is 14.5 Å². The van der Waals surface area contributed by atoms with E-state index in [0.29, 0.717) is 27.6 Å². The largest absolute Gasteiger partial charge is 0.493 e. The number of benzene rings is 2. The van der Waals surface area contributed by atoms with Crippen molar-refractivity contribution >= 4 is 40.4 Å². The average Bonchev–Trinajstić information content (AvgIpc) is 3.31. The summed E-state index contributed by atoms with van der Waals surface area (Å²) in [5.41, 5.74) is 1.43. The molecule has 0 unspecified atom stereocenters. The number of rotatable bonds is 9. The Morgan fingerprint density at radius 1 is 1.09 bits per heavy atom. The second-order valence-corrected chi connectivity index (χ2v) is 7.85. The first-order chi connectivity index (χ1) is 15.4. The summed E-state index contributed by atoms with van der Waals surface area (Å²) in [6.45, 7) is -2.66. The monoisotopic (exact) mass is 480 g/mol. The van der Waals surface area contributed by atoms with Gasteiger partial charge in [-0.3, -0.25) is 9.59 Å². The zero-order chi connectivity index (χ0) is 23.1. The molecule has 3 aromatic rings. The lowest BCUT2D eigenvalue weighted by molar-refractivity contribution is -0.0512. The first-order valence-corrected chi connectivity index (χ1v) is 10.7. The Bertz CT molecular complexity index is 1090. The normalized spacial score (nSPS) is 10.7. The predicted molar refractivity (Wildman–Crippen MR) is 119 cm³/mol. The number of hydrogen-bond acceptors (Lipinski definition) is 5. The Balaban J connectivity index is 1.60. The van der Waals surface area contributed by atoms with Crippen LogP contribution in [0.25, 0.3) is 0 Å². The quantitative estimate of drug-likeness (QED) is 0.439. The van der Waals surface area contributed by atoms with Gasteiger partial charge in [0.15, 0.2) is 11.5 Å². The van der Waals surface area contributed by atoms with Gasteiger partial charge < -0.3 is 20.1 Å². The lowest BCUT2D eigenvalue weighted by Gasteiger charge is -2.12. The van der Waals surface area contributed by atoms with E-state index in [9.17, 15) is 18.4 Å². The molecule has 0 aliphatic heterocycles. The van der Waals surface area contributed by atoms with Gasteiger partial charge in [-0.15, -0.1) is 11.3 Å². The SMILES string of the molecule is COc1cc(CCNC(=O)c2ccc(Cl)c(NC(=O)c3cccs3)c2)ccc1OC(F)F. The second kappa shape index (κ2) is 10.9. The molecule has 10 heteroatoms. The number of hydrogen-bond donors (Lipinski definition) is 2. The van der Waals surface area contributed by atoms with Crippen LogP contribution in [0.5, 0.6) is 11.5 Å². The topological polar surface area (TPSA) is 76.7 Å². The van der Waals surface area contributed by atoms with Gasteiger partial charge in [0.2, 0.25) is 0 Å². The van der Waals surface area contributed by atoms with E-state index in [2.05, 4.69) is 15.4 Å². The van der Waals surface area contributed by atoms with Crippen molar-refractivity contribution < 1.29 is 27.8 Å². The number of methoxy groups -OCH3 is 1. The van der Waals surface area contributed by atoms with Crippen molar-refractivity contribution in [1.82, 2.24) is 5.32 Å². The van der Waals surface area contributed by atoms with Crippen molar-refractivity contribution in [2.45, 2.75) is 13.0 Å². The minimum absolute atomic E-state index is 0.0615. The summed E-state index contributed by atoms with van der Waals surface area (Å²) in [7, 11) is 1.36. The maximum Gasteiger partial charge on any atom is 0.387 e. The van der Waals surface area contributed by atoms with Gasteiger partial charge in [-0.2, -0.15) is 8.78 Å². The van der Waals surface area contributed by atoms with Gasteiger partial charge in [0, 0.05) is 12.1 Å². The molecule has 0 aliphatic carbocycles. The molecule has 32 heavy (non-hydrogen) atoms. The Hall–Kier alpha value is -3.17. The first-order valence-electron chi connectivity index (χ1n) is 9.41. The van der Waals surface area contributed by atoms with Crippen molar-refractivity contribution in [2.24, 2.45) is 0 Å². The molecule has 6 nitrogen and oxygen atoms in total. The van der Waals surface area contributed by atoms with Crippen molar-refractivity contribution in [2.75, 3.05) is 19.0 Å². The number of ether oxygens (including phenoxy) is 2. The molecule has 2 aromatic carbocycles. The lowest BCUT2D eigenvalue weighted by Crippen LogP contribution is -2.26. The van der Waals surface area contributed by atoms with E-state index in [0.717, 1.165) is 5.56 Å². The molecule has 1 aromatic heterocycles. The number of alkyl halides is 2. The highest BCUT2D eigenvalue weighted by Crippen LogP contribution is 2.29. The van der Waals surface area contributed by atoms with E-state index in [4.69, 9.17) is 16.3 Å². The van der Waals surface area contributed by atoms with E-state index in [1.807, 2.05) is 0 Å². The highest BCUT2D eigenvalue weighted by atomic mass is 35.5. The lowest BCUT2D eigenvalue weighted by atomic mass is 10.1. The molecule has 0 aliphatic rings. The van der Waals surface area contributed by atoms with Gasteiger partial charge in [-0.1, -0.05) is 23.7 Å². The number of thiophene rings is 1. The fourth-order valence-electron chi connectivity index (χ4n) is 2.84. The van der Waals surface area contributed by atoms with Crippen molar-refractivity contribution in [3.05, 3.63) is 74.9 Å². The molecule has 0 saturated heterocycles. The molecule has 1 heterocycles. The molecule has 0 spiro atoms. The fraction of sp³-hybridized carbons (Fsp3) is 0.182. The number of carbonyl (C=O) groups excluding carboxylic acids is 2. The van der Waals surface area contributed by atoms with Gasteiger partial charge in [0.05, 0.1) is 22.7 Å². The summed E-state index contributed by atoms with van der Waals surface area (Å²) in [6.07, 6.45) is 0.437. The molecule has 0 fully saturated rings. The average molecular weight is 481 g/mol. The van der Waals surface area contributed by atoms with Crippen LogP contribution in [-0.2, 0) is 6.42 Å². The third-order valence-electron chi connectivity index (χ3n) is 4.37. The van der Waals surface area contributed by atoms with Crippen LogP contribution < -0.4 is 20.1 Å². The summed E-state index contributed by atoms with van der Waals surface area (Å²) >= 11 is 7.45. The van der Waals surface area contributed by atoms with E-state index in [-0.39, 0.29) is 29.9 Å². The molecule has 0 bridgehead atoms. The summed E-state index contributed by atoms with van der Waals surface area (Å²) in [6, 6.07) is 12.6. The summed E-state index contributed by atoms with van der Waals surface area (Å²) in [5, 5.41) is 7.57. The molecule has 2 amide bonds. The van der Waals surface area contributed by atoms with Crippen LogP contribution in [0.2, 0.25) is 5.02 Å². The molecule has 168 valence electrons. The van der Waals surface area contributed by atoms with Crippen LogP contribution in [0.1, 0.15) is 25.6 Å². The van der Waals surface area contributed by atoms with E-state index in [1.54, 1.807) is 35.7 Å². The second-order valence-electron chi connectivity index (χ2n) is 6.50. The van der Waals surface area contributed by atoms with Gasteiger partial charge in [0.1, 0.15) is 0 Å². The standard InChI is InChI=1S/C22H19ClF2N2O4S/c1-30-18-11-13(4-7-17(18)31-22(24)25)8-9-26-20(28)14-5-6-15(23)16(12-14)27-21(29)19-3-2-10-32-19/h2-7,10-12,22H,8-9H2,1H3,(H,26,28)(H,27,29). The van der Waals surface area contributed by atoms with E-state index < -0.39 is 6.61 Å². The smallest absolute Gasteiger partial charge is 0.387 e. The zero-order valence-electron chi connectivity index (χ0n) is 16.9. The summed E-state index contributed by atoms with van der Waals surface area (Å²) in [4.78, 5) is 25.3. The van der Waals surface area contributed by atoms with Crippen molar-refractivity contribution in [1.29, 1.82) is 0 Å². The first kappa shape index (κ1) is 23.5. The number of halogens is 3. The Morgan fingerprint density at radius 3 is 2.59 bits per heavy atom. The van der Waals surface area contributed by atoms with Gasteiger partial charge >= 0.3 is 6.61 Å². The molecule has 2 N–H and O–H groups in total. The molecular weight excluding hydrogens is 462 g/mol. The Labute approximate surface area is 192 Å². The number of carbonyl (C=O) groups is 2. The minimum Gasteiger partial charge on any atom is -0.493 e. The van der Waals surface area contributed by atoms with Crippen molar-refractivity contribution in [3.63, 3.8) is 0 Å². The number of anilines is 1. The molecule has 0 atom stereocenters. The summed E-state index contributed by atoms with van der Waals surface area (Å²) < 4.78 is 34.3. The minimum atomic E-state index is -2.95. The Morgan fingerprint density at radius 2 is 1.91 bits per heavy atom. The van der Waals surface area contributed by atoms with Gasteiger partial charge in [-0.25, -0.2) is 0 Å². The third-order valence-corrected chi connectivity index (χ3v) is 5.56. The molecule has 0 saturated carbocycles. The molecular formula is C22H19ClF2N2O4S. The highest BCUT2D eigenvalue weighted by molar-refractivity contribution is 7.12. The Kier molecular flexibility index (Phi) is 8.02. The van der Waals surface area contributed by atoms with Crippen LogP contribution >= 0.6 is 22.9 Å². The third kappa shape index (κ3) is 6.18. The fourth-order valence-corrected chi connectivity index (χ4v) is 3.62. The van der Waals surface area contributed by atoms with Crippen LogP contribution in [-0.4, -0.2) is 32.1 Å². The van der Waals surface area contributed by atoms with Gasteiger partial charge in [-0.05, 0) is 53.8 Å². The summed E-state index contributed by atoms with van der Waals surface area (Å²) in [5.74, 6) is -0.544. The number of nitrogens with one attached hydrogen (secondary N) is 2. The van der Waals surface area contributed by atoms with Crippen LogP contribution in [0.15, 0.2) is 53.9 Å². The maximum atomic E-state index is 12.5. The van der Waals surface area contributed by atoms with Crippen LogP contribution in [0, 0.1) is 0 Å². The molecule has 0 radical (unpaired) electrons. The van der Waals surface area contributed by atoms with E-state index >= 15 is 0 Å². The highest BCUT2D eigenvalue weighted by Gasteiger charge is 2.14. The maximum absolute atomic E-state index is 12.5. The molecule has 3 rings (SSSR count). The van der Waals surface area contributed by atoms with Crippen LogP contribution in [0.3, 0.4) is 0 Å². The van der Waals surface area contributed by atoms with Crippen molar-refractivity contribution in [3.8, 4) is 11.5 Å². The van der Waals surface area contributed by atoms with Gasteiger partial charge in [0.25, 0.3) is 11.8 Å². The number of amides is 2. The van der Waals surface area contributed by atoms with E-state index in [1.165, 1.54) is 36.6 Å².